The minimum absolute atomic E-state index is 0.0944. The van der Waals surface area contributed by atoms with Gasteiger partial charge in [-0.2, -0.15) is 0 Å². The van der Waals surface area contributed by atoms with Gasteiger partial charge in [-0.05, 0) is 26.0 Å². The molecular weight excluding hydrogens is 190 g/mol. The van der Waals surface area contributed by atoms with Crippen molar-refractivity contribution in [2.45, 2.75) is 26.8 Å². The van der Waals surface area contributed by atoms with Gasteiger partial charge in [-0.15, -0.1) is 0 Å². The molecule has 0 saturated heterocycles. The highest BCUT2D eigenvalue weighted by molar-refractivity contribution is 5.91. The third-order valence-corrected chi connectivity index (χ3v) is 2.34. The summed E-state index contributed by atoms with van der Waals surface area (Å²) in [6.07, 6.45) is 0. The lowest BCUT2D eigenvalue weighted by molar-refractivity contribution is -0.119. The predicted octanol–water partition coefficient (Wildman–Crippen LogP) is 1.31. The summed E-state index contributed by atoms with van der Waals surface area (Å²) in [7, 11) is 0. The van der Waals surface area contributed by atoms with Crippen LogP contribution in [0, 0.1) is 12.8 Å². The van der Waals surface area contributed by atoms with Gasteiger partial charge < -0.3 is 11.1 Å². The van der Waals surface area contributed by atoms with Gasteiger partial charge in [0.1, 0.15) is 5.82 Å². The van der Waals surface area contributed by atoms with Crippen molar-refractivity contribution in [1.29, 1.82) is 0 Å². The van der Waals surface area contributed by atoms with Crippen LogP contribution in [0.1, 0.15) is 19.5 Å². The van der Waals surface area contributed by atoms with Gasteiger partial charge >= 0.3 is 0 Å². The maximum absolute atomic E-state index is 11.6. The summed E-state index contributed by atoms with van der Waals surface area (Å²) in [5.74, 6) is 0.267. The number of aryl methyl sites for hydroxylation is 1. The van der Waals surface area contributed by atoms with E-state index in [4.69, 9.17) is 5.73 Å². The van der Waals surface area contributed by atoms with E-state index in [-0.39, 0.29) is 17.9 Å². The molecule has 0 saturated carbocycles. The maximum atomic E-state index is 11.6. The van der Waals surface area contributed by atoms with E-state index in [1.165, 1.54) is 0 Å². The number of rotatable bonds is 3. The van der Waals surface area contributed by atoms with E-state index in [2.05, 4.69) is 10.3 Å². The molecule has 0 aliphatic heterocycles. The Labute approximate surface area is 89.9 Å². The predicted molar refractivity (Wildman–Crippen MR) is 60.4 cm³/mol. The van der Waals surface area contributed by atoms with E-state index in [1.807, 2.05) is 26.0 Å². The van der Waals surface area contributed by atoms with Crippen LogP contribution in [0.4, 0.5) is 5.82 Å². The van der Waals surface area contributed by atoms with Crippen LogP contribution in [0.3, 0.4) is 0 Å². The van der Waals surface area contributed by atoms with E-state index in [9.17, 15) is 4.79 Å². The second-order valence-electron chi connectivity index (χ2n) is 3.80. The highest BCUT2D eigenvalue weighted by Crippen LogP contribution is 2.07. The quantitative estimate of drug-likeness (QED) is 0.785. The summed E-state index contributed by atoms with van der Waals surface area (Å²) in [6.45, 7) is 5.49. The maximum Gasteiger partial charge on any atom is 0.229 e. The first-order valence-electron chi connectivity index (χ1n) is 5.01. The molecule has 0 aromatic carbocycles. The molecule has 4 heteroatoms. The topological polar surface area (TPSA) is 68.0 Å². The monoisotopic (exact) mass is 207 g/mol. The lowest BCUT2D eigenvalue weighted by Crippen LogP contribution is -2.34. The second kappa shape index (κ2) is 4.89. The average molecular weight is 207 g/mol. The number of hydrogen-bond acceptors (Lipinski definition) is 3. The Balaban J connectivity index is 2.66. The fourth-order valence-corrected chi connectivity index (χ4v) is 1.09. The van der Waals surface area contributed by atoms with Crippen molar-refractivity contribution >= 4 is 11.7 Å². The highest BCUT2D eigenvalue weighted by atomic mass is 16.1. The number of anilines is 1. The van der Waals surface area contributed by atoms with Crippen LogP contribution < -0.4 is 11.1 Å². The molecule has 0 spiro atoms. The van der Waals surface area contributed by atoms with Crippen LogP contribution in [0.15, 0.2) is 18.2 Å². The van der Waals surface area contributed by atoms with Crippen molar-refractivity contribution in [3.63, 3.8) is 0 Å². The van der Waals surface area contributed by atoms with Crippen molar-refractivity contribution < 1.29 is 4.79 Å². The number of carbonyl (C=O) groups is 1. The molecule has 82 valence electrons. The summed E-state index contributed by atoms with van der Waals surface area (Å²) >= 11 is 0. The molecule has 0 radical (unpaired) electrons. The van der Waals surface area contributed by atoms with Gasteiger partial charge in [0.25, 0.3) is 0 Å². The zero-order chi connectivity index (χ0) is 11.4. The Morgan fingerprint density at radius 3 is 2.67 bits per heavy atom. The molecule has 1 amide bonds. The van der Waals surface area contributed by atoms with Gasteiger partial charge in [-0.3, -0.25) is 4.79 Å². The summed E-state index contributed by atoms with van der Waals surface area (Å²) in [5.41, 5.74) is 6.52. The third-order valence-electron chi connectivity index (χ3n) is 2.34. The van der Waals surface area contributed by atoms with E-state index in [0.717, 1.165) is 5.69 Å². The molecule has 1 aromatic heterocycles. The largest absolute Gasteiger partial charge is 0.327 e. The van der Waals surface area contributed by atoms with Crippen LogP contribution in [-0.4, -0.2) is 16.9 Å². The SMILES string of the molecule is Cc1cccc(NC(=O)C(C)C(C)N)n1. The molecule has 0 aliphatic rings. The van der Waals surface area contributed by atoms with E-state index in [0.29, 0.717) is 5.82 Å². The number of amides is 1. The first-order valence-corrected chi connectivity index (χ1v) is 5.01. The minimum atomic E-state index is -0.215. The van der Waals surface area contributed by atoms with Crippen molar-refractivity contribution in [3.05, 3.63) is 23.9 Å². The van der Waals surface area contributed by atoms with Gasteiger partial charge in [0.05, 0.1) is 5.92 Å². The summed E-state index contributed by atoms with van der Waals surface area (Å²) in [4.78, 5) is 15.8. The number of carbonyl (C=O) groups excluding carboxylic acids is 1. The normalized spacial score (nSPS) is 14.4. The molecule has 3 N–H and O–H groups in total. The van der Waals surface area contributed by atoms with Gasteiger partial charge in [0, 0.05) is 11.7 Å². The molecule has 2 atom stereocenters. The molecule has 0 aliphatic carbocycles. The van der Waals surface area contributed by atoms with Crippen molar-refractivity contribution in [3.8, 4) is 0 Å². The van der Waals surface area contributed by atoms with Crippen LogP contribution in [-0.2, 0) is 4.79 Å². The molecule has 0 bridgehead atoms. The molecule has 4 nitrogen and oxygen atoms in total. The number of hydrogen-bond donors (Lipinski definition) is 2. The van der Waals surface area contributed by atoms with Crippen LogP contribution in [0.5, 0.6) is 0 Å². The Morgan fingerprint density at radius 2 is 2.13 bits per heavy atom. The second-order valence-corrected chi connectivity index (χ2v) is 3.80. The van der Waals surface area contributed by atoms with Crippen molar-refractivity contribution in [2.24, 2.45) is 11.7 Å². The first-order chi connectivity index (χ1) is 7.00. The fraction of sp³-hybridized carbons (Fsp3) is 0.455. The minimum Gasteiger partial charge on any atom is -0.327 e. The summed E-state index contributed by atoms with van der Waals surface area (Å²) < 4.78 is 0. The Morgan fingerprint density at radius 1 is 1.47 bits per heavy atom. The van der Waals surface area contributed by atoms with Crippen molar-refractivity contribution in [1.82, 2.24) is 4.98 Å². The highest BCUT2D eigenvalue weighted by Gasteiger charge is 2.17. The van der Waals surface area contributed by atoms with Gasteiger partial charge in [-0.1, -0.05) is 13.0 Å². The van der Waals surface area contributed by atoms with Crippen molar-refractivity contribution in [2.75, 3.05) is 5.32 Å². The molecule has 0 fully saturated rings. The molecule has 1 rings (SSSR count). The molecule has 2 unspecified atom stereocenters. The molecule has 1 heterocycles. The van der Waals surface area contributed by atoms with E-state index < -0.39 is 0 Å². The molecule has 1 aromatic rings. The number of pyridine rings is 1. The van der Waals surface area contributed by atoms with Gasteiger partial charge in [0.2, 0.25) is 5.91 Å². The lowest BCUT2D eigenvalue weighted by Gasteiger charge is -2.14. The van der Waals surface area contributed by atoms with Gasteiger partial charge in [0.15, 0.2) is 0 Å². The number of nitrogens with two attached hydrogens (primary N) is 1. The van der Waals surface area contributed by atoms with Crippen LogP contribution >= 0.6 is 0 Å². The summed E-state index contributed by atoms with van der Waals surface area (Å²) in [5, 5.41) is 2.73. The Bertz CT molecular complexity index is 349. The van der Waals surface area contributed by atoms with Crippen LogP contribution in [0.25, 0.3) is 0 Å². The van der Waals surface area contributed by atoms with E-state index in [1.54, 1.807) is 13.0 Å². The first kappa shape index (κ1) is 11.7. The zero-order valence-corrected chi connectivity index (χ0v) is 9.32. The number of nitrogens with one attached hydrogen (secondary N) is 1. The average Bonchev–Trinajstić information content (AvgIpc) is 2.16. The van der Waals surface area contributed by atoms with Gasteiger partial charge in [-0.25, -0.2) is 4.98 Å². The number of nitrogens with zero attached hydrogens (tertiary/aromatic N) is 1. The Kier molecular flexibility index (Phi) is 3.80. The summed E-state index contributed by atoms with van der Waals surface area (Å²) in [6, 6.07) is 5.34. The lowest BCUT2D eigenvalue weighted by atomic mass is 10.0. The fourth-order valence-electron chi connectivity index (χ4n) is 1.09. The molecule has 15 heavy (non-hydrogen) atoms. The standard InChI is InChI=1S/C11H17N3O/c1-7-5-4-6-10(13-7)14-11(15)8(2)9(3)12/h4-6,8-9H,12H2,1-3H3,(H,13,14,15). The number of aromatic nitrogens is 1. The zero-order valence-electron chi connectivity index (χ0n) is 9.32. The van der Waals surface area contributed by atoms with E-state index >= 15 is 0 Å². The van der Waals surface area contributed by atoms with Crippen LogP contribution in [0.2, 0.25) is 0 Å². The Hall–Kier alpha value is -1.42. The third kappa shape index (κ3) is 3.32. The molecular formula is C11H17N3O. The smallest absolute Gasteiger partial charge is 0.229 e.